The lowest BCUT2D eigenvalue weighted by atomic mass is 9.94. The van der Waals surface area contributed by atoms with Gasteiger partial charge < -0.3 is 29.7 Å². The predicted octanol–water partition coefficient (Wildman–Crippen LogP) is 2.35. The molecule has 4 aliphatic rings. The van der Waals surface area contributed by atoms with E-state index in [2.05, 4.69) is 10.6 Å². The highest BCUT2D eigenvalue weighted by Gasteiger charge is 2.39. The first-order valence-corrected chi connectivity index (χ1v) is 12.8. The van der Waals surface area contributed by atoms with Crippen LogP contribution in [0.4, 0.5) is 5.69 Å². The van der Waals surface area contributed by atoms with Crippen molar-refractivity contribution in [3.05, 3.63) is 23.8 Å². The number of amides is 3. The van der Waals surface area contributed by atoms with Crippen LogP contribution in [0, 0.1) is 11.8 Å². The van der Waals surface area contributed by atoms with Crippen LogP contribution in [0.3, 0.4) is 0 Å². The second-order valence-electron chi connectivity index (χ2n) is 10.2. The van der Waals surface area contributed by atoms with Crippen LogP contribution in [0.1, 0.15) is 55.3 Å². The fourth-order valence-corrected chi connectivity index (χ4v) is 5.17. The fraction of sp³-hybridized carbons (Fsp3) is 0.654. The highest BCUT2D eigenvalue weighted by Crippen LogP contribution is 2.33. The first-order chi connectivity index (χ1) is 17.0. The number of fused-ring (bicyclic) bond motifs is 2. The van der Waals surface area contributed by atoms with Gasteiger partial charge in [0.2, 0.25) is 11.8 Å². The number of hydrogen-bond acceptors (Lipinski definition) is 6. The average molecular weight is 486 g/mol. The Labute approximate surface area is 205 Å². The van der Waals surface area contributed by atoms with Crippen molar-refractivity contribution in [3.8, 4) is 5.75 Å². The van der Waals surface area contributed by atoms with Gasteiger partial charge in [0, 0.05) is 38.4 Å². The Hall–Kier alpha value is -2.65. The minimum Gasteiger partial charge on any atom is -0.490 e. The van der Waals surface area contributed by atoms with Crippen molar-refractivity contribution < 1.29 is 28.6 Å². The molecule has 35 heavy (non-hydrogen) atoms. The van der Waals surface area contributed by atoms with Gasteiger partial charge in [-0.05, 0) is 62.6 Å². The summed E-state index contributed by atoms with van der Waals surface area (Å²) >= 11 is 0. The van der Waals surface area contributed by atoms with Crippen LogP contribution in [0.25, 0.3) is 0 Å². The van der Waals surface area contributed by atoms with E-state index in [1.54, 1.807) is 30.1 Å². The predicted molar refractivity (Wildman–Crippen MR) is 128 cm³/mol. The van der Waals surface area contributed by atoms with Crippen molar-refractivity contribution in [3.63, 3.8) is 0 Å². The van der Waals surface area contributed by atoms with Crippen LogP contribution < -0.4 is 15.4 Å². The molecule has 9 nitrogen and oxygen atoms in total. The zero-order valence-electron chi connectivity index (χ0n) is 20.3. The molecule has 1 aromatic carbocycles. The monoisotopic (exact) mass is 485 g/mol. The van der Waals surface area contributed by atoms with Gasteiger partial charge in [-0.15, -0.1) is 0 Å². The minimum absolute atomic E-state index is 0.0252. The Bertz CT molecular complexity index is 958. The molecule has 0 aromatic heterocycles. The smallest absolute Gasteiger partial charge is 0.257 e. The Kier molecular flexibility index (Phi) is 7.24. The second kappa shape index (κ2) is 10.5. The molecule has 0 bridgehead atoms. The SMILES string of the molecule is CN1C(=O)c2cc(NC(=O)C3CCOCC3)ccc2OC[C@@H]2O[C@H](CC(=O)NCC3CC3)CC[C@@H]21. The summed E-state index contributed by atoms with van der Waals surface area (Å²) in [5.74, 6) is 0.846. The van der Waals surface area contributed by atoms with Crippen LogP contribution in [-0.4, -0.2) is 74.3 Å². The van der Waals surface area contributed by atoms with E-state index in [9.17, 15) is 14.4 Å². The van der Waals surface area contributed by atoms with Gasteiger partial charge in [0.1, 0.15) is 18.5 Å². The molecule has 0 unspecified atom stereocenters. The number of benzene rings is 1. The number of nitrogens with one attached hydrogen (secondary N) is 2. The molecular formula is C26H35N3O6. The van der Waals surface area contributed by atoms with Gasteiger partial charge in [-0.1, -0.05) is 0 Å². The van der Waals surface area contributed by atoms with E-state index in [0.29, 0.717) is 68.4 Å². The van der Waals surface area contributed by atoms with Crippen molar-refractivity contribution in [2.75, 3.05) is 38.7 Å². The summed E-state index contributed by atoms with van der Waals surface area (Å²) in [6, 6.07) is 5.05. The van der Waals surface area contributed by atoms with Crippen molar-refractivity contribution in [2.45, 2.75) is 63.2 Å². The molecule has 0 radical (unpaired) electrons. The summed E-state index contributed by atoms with van der Waals surface area (Å²) in [5.41, 5.74) is 1.01. The molecule has 1 aliphatic carbocycles. The summed E-state index contributed by atoms with van der Waals surface area (Å²) < 4.78 is 17.6. The first kappa shape index (κ1) is 24.1. The summed E-state index contributed by atoms with van der Waals surface area (Å²) in [5, 5.41) is 5.96. The highest BCUT2D eigenvalue weighted by atomic mass is 16.5. The third-order valence-corrected chi connectivity index (χ3v) is 7.57. The third-order valence-electron chi connectivity index (χ3n) is 7.57. The van der Waals surface area contributed by atoms with E-state index in [-0.39, 0.29) is 41.9 Å². The summed E-state index contributed by atoms with van der Waals surface area (Å²) in [4.78, 5) is 40.0. The molecule has 5 rings (SSSR count). The van der Waals surface area contributed by atoms with E-state index in [4.69, 9.17) is 14.2 Å². The summed E-state index contributed by atoms with van der Waals surface area (Å²) in [6.45, 7) is 2.24. The maximum absolute atomic E-state index is 13.4. The van der Waals surface area contributed by atoms with Crippen LogP contribution >= 0.6 is 0 Å². The normalized spacial score (nSPS) is 27.1. The maximum atomic E-state index is 13.4. The highest BCUT2D eigenvalue weighted by molar-refractivity contribution is 6.00. The average Bonchev–Trinajstić information content (AvgIpc) is 3.70. The molecule has 2 saturated heterocycles. The number of anilines is 1. The first-order valence-electron chi connectivity index (χ1n) is 12.8. The number of rotatable bonds is 6. The number of ether oxygens (including phenoxy) is 3. The van der Waals surface area contributed by atoms with Gasteiger partial charge in [-0.2, -0.15) is 0 Å². The fourth-order valence-electron chi connectivity index (χ4n) is 5.17. The standard InChI is InChI=1S/C26H35N3O6/c1-29-21-6-5-19(13-24(30)27-14-16-2-3-16)35-23(21)15-34-22-7-4-18(12-20(22)26(29)32)28-25(31)17-8-10-33-11-9-17/h4,7,12,16-17,19,21,23H,2-3,5-6,8-11,13-15H2,1H3,(H,27,30)(H,28,31)/t19-,21-,23-/m0/s1. The Balaban J connectivity index is 1.23. The molecule has 3 aliphatic heterocycles. The molecule has 3 amide bonds. The summed E-state index contributed by atoms with van der Waals surface area (Å²) in [7, 11) is 1.79. The van der Waals surface area contributed by atoms with Crippen LogP contribution in [0.5, 0.6) is 5.75 Å². The lowest BCUT2D eigenvalue weighted by molar-refractivity contribution is -0.134. The van der Waals surface area contributed by atoms with E-state index >= 15 is 0 Å². The lowest BCUT2D eigenvalue weighted by Crippen LogP contribution is -2.54. The van der Waals surface area contributed by atoms with E-state index in [1.807, 2.05) is 0 Å². The van der Waals surface area contributed by atoms with Gasteiger partial charge in [0.25, 0.3) is 5.91 Å². The Morgan fingerprint density at radius 2 is 1.89 bits per heavy atom. The molecule has 3 atom stereocenters. The number of carbonyl (C=O) groups excluding carboxylic acids is 3. The van der Waals surface area contributed by atoms with Gasteiger partial charge in [-0.25, -0.2) is 0 Å². The molecule has 9 heteroatoms. The largest absolute Gasteiger partial charge is 0.490 e. The molecule has 0 spiro atoms. The number of hydrogen-bond donors (Lipinski definition) is 2. The van der Waals surface area contributed by atoms with Crippen LogP contribution in [0.2, 0.25) is 0 Å². The second-order valence-corrected chi connectivity index (χ2v) is 10.2. The van der Waals surface area contributed by atoms with Crippen molar-refractivity contribution in [2.24, 2.45) is 11.8 Å². The van der Waals surface area contributed by atoms with Crippen LogP contribution in [-0.2, 0) is 19.1 Å². The lowest BCUT2D eigenvalue weighted by Gasteiger charge is -2.42. The van der Waals surface area contributed by atoms with Crippen LogP contribution in [0.15, 0.2) is 18.2 Å². The number of carbonyl (C=O) groups is 3. The quantitative estimate of drug-likeness (QED) is 0.641. The van der Waals surface area contributed by atoms with Crippen molar-refractivity contribution >= 4 is 23.4 Å². The van der Waals surface area contributed by atoms with Gasteiger partial charge in [0.05, 0.1) is 24.1 Å². The van der Waals surface area contributed by atoms with E-state index in [1.165, 1.54) is 12.8 Å². The number of nitrogens with zero attached hydrogens (tertiary/aromatic N) is 1. The zero-order chi connectivity index (χ0) is 24.4. The van der Waals surface area contributed by atoms with E-state index < -0.39 is 0 Å². The zero-order valence-corrected chi connectivity index (χ0v) is 20.3. The molecular weight excluding hydrogens is 450 g/mol. The van der Waals surface area contributed by atoms with Gasteiger partial charge >= 0.3 is 0 Å². The molecule has 1 saturated carbocycles. The van der Waals surface area contributed by atoms with Gasteiger partial charge in [0.15, 0.2) is 0 Å². The van der Waals surface area contributed by atoms with E-state index in [0.717, 1.165) is 13.0 Å². The van der Waals surface area contributed by atoms with Crippen molar-refractivity contribution in [1.29, 1.82) is 0 Å². The third kappa shape index (κ3) is 5.78. The Morgan fingerprint density at radius 1 is 1.09 bits per heavy atom. The molecule has 1 aromatic rings. The Morgan fingerprint density at radius 3 is 2.66 bits per heavy atom. The van der Waals surface area contributed by atoms with Crippen molar-refractivity contribution in [1.82, 2.24) is 10.2 Å². The maximum Gasteiger partial charge on any atom is 0.257 e. The molecule has 2 N–H and O–H groups in total. The molecule has 190 valence electrons. The topological polar surface area (TPSA) is 106 Å². The molecule has 3 heterocycles. The minimum atomic E-state index is -0.306. The number of likely N-dealkylation sites (N-methyl/N-ethyl adjacent to an activating group) is 1. The molecule has 3 fully saturated rings. The van der Waals surface area contributed by atoms with Gasteiger partial charge in [-0.3, -0.25) is 14.4 Å². The summed E-state index contributed by atoms with van der Waals surface area (Å²) in [6.07, 6.45) is 5.11.